The van der Waals surface area contributed by atoms with Gasteiger partial charge in [-0.05, 0) is 24.6 Å². The Labute approximate surface area is 207 Å². The molecule has 1 aliphatic heterocycles. The number of benzene rings is 2. The summed E-state index contributed by atoms with van der Waals surface area (Å²) in [7, 11) is 3.34. The van der Waals surface area contributed by atoms with Crippen LogP contribution in [0.1, 0.15) is 36.7 Å². The van der Waals surface area contributed by atoms with Crippen molar-refractivity contribution in [1.29, 1.82) is 0 Å². The molecule has 0 spiro atoms. The summed E-state index contributed by atoms with van der Waals surface area (Å²) in [4.78, 5) is 41.6. The number of hydrogen-bond donors (Lipinski definition) is 1. The zero-order valence-corrected chi connectivity index (χ0v) is 21.1. The molecule has 1 N–H and O–H groups in total. The van der Waals surface area contributed by atoms with E-state index in [9.17, 15) is 14.4 Å². The van der Waals surface area contributed by atoms with E-state index in [0.29, 0.717) is 30.1 Å². The average molecular weight is 482 g/mol. The maximum Gasteiger partial charge on any atom is 0.257 e. The maximum absolute atomic E-state index is 13.3. The highest BCUT2D eigenvalue weighted by Gasteiger charge is 2.29. The van der Waals surface area contributed by atoms with Crippen LogP contribution in [0.4, 0.5) is 5.69 Å². The summed E-state index contributed by atoms with van der Waals surface area (Å²) in [5.41, 5.74) is 1.83. The molecule has 3 amide bonds. The topological polar surface area (TPSA) is 88.2 Å². The van der Waals surface area contributed by atoms with Crippen LogP contribution in [0.15, 0.2) is 48.5 Å². The molecular formula is C27H35N3O5. The number of carbonyl (C=O) groups is 3. The van der Waals surface area contributed by atoms with E-state index in [-0.39, 0.29) is 48.8 Å². The minimum atomic E-state index is -0.238. The number of nitrogens with one attached hydrogen (secondary N) is 1. The summed E-state index contributed by atoms with van der Waals surface area (Å²) < 4.78 is 11.8. The van der Waals surface area contributed by atoms with Gasteiger partial charge in [-0.3, -0.25) is 14.4 Å². The van der Waals surface area contributed by atoms with Crippen LogP contribution >= 0.6 is 0 Å². The fourth-order valence-electron chi connectivity index (χ4n) is 4.27. The van der Waals surface area contributed by atoms with E-state index in [1.165, 1.54) is 0 Å². The van der Waals surface area contributed by atoms with Crippen LogP contribution in [0.2, 0.25) is 0 Å². The zero-order chi connectivity index (χ0) is 25.5. The van der Waals surface area contributed by atoms with Crippen molar-refractivity contribution in [2.75, 3.05) is 39.2 Å². The molecule has 8 nitrogen and oxygen atoms in total. The maximum atomic E-state index is 13.3. The Balaban J connectivity index is 1.88. The van der Waals surface area contributed by atoms with Gasteiger partial charge in [-0.15, -0.1) is 0 Å². The minimum Gasteiger partial charge on any atom is -0.491 e. The van der Waals surface area contributed by atoms with E-state index in [1.54, 1.807) is 49.1 Å². The van der Waals surface area contributed by atoms with E-state index in [0.717, 1.165) is 5.56 Å². The Morgan fingerprint density at radius 1 is 1.11 bits per heavy atom. The van der Waals surface area contributed by atoms with Crippen LogP contribution in [-0.4, -0.2) is 73.5 Å². The number of fused-ring (bicyclic) bond motifs is 1. The van der Waals surface area contributed by atoms with Crippen molar-refractivity contribution in [3.05, 3.63) is 59.7 Å². The fourth-order valence-corrected chi connectivity index (χ4v) is 4.27. The molecule has 0 radical (unpaired) electrons. The lowest BCUT2D eigenvalue weighted by Gasteiger charge is -2.35. The van der Waals surface area contributed by atoms with E-state index in [2.05, 4.69) is 5.32 Å². The van der Waals surface area contributed by atoms with Gasteiger partial charge < -0.3 is 24.6 Å². The molecule has 35 heavy (non-hydrogen) atoms. The molecule has 0 unspecified atom stereocenters. The smallest absolute Gasteiger partial charge is 0.257 e. The second-order valence-corrected chi connectivity index (χ2v) is 9.19. The summed E-state index contributed by atoms with van der Waals surface area (Å²) in [6, 6.07) is 14.3. The van der Waals surface area contributed by atoms with E-state index < -0.39 is 0 Å². The van der Waals surface area contributed by atoms with Crippen LogP contribution in [-0.2, 0) is 20.7 Å². The van der Waals surface area contributed by atoms with Crippen molar-refractivity contribution in [2.45, 2.75) is 39.3 Å². The van der Waals surface area contributed by atoms with Gasteiger partial charge in [-0.1, -0.05) is 37.3 Å². The third-order valence-corrected chi connectivity index (χ3v) is 6.34. The molecule has 8 heteroatoms. The van der Waals surface area contributed by atoms with Crippen molar-refractivity contribution < 1.29 is 23.9 Å². The molecule has 1 aliphatic rings. The number of amides is 3. The minimum absolute atomic E-state index is 0.0164. The molecular weight excluding hydrogens is 446 g/mol. The molecule has 0 fully saturated rings. The van der Waals surface area contributed by atoms with Crippen molar-refractivity contribution >= 4 is 23.4 Å². The normalized spacial score (nSPS) is 21.3. The fraction of sp³-hybridized carbons (Fsp3) is 0.444. The molecule has 2 aromatic rings. The molecule has 0 aliphatic carbocycles. The van der Waals surface area contributed by atoms with Gasteiger partial charge in [-0.25, -0.2) is 0 Å². The van der Waals surface area contributed by atoms with Crippen LogP contribution in [0.3, 0.4) is 0 Å². The first kappa shape index (κ1) is 26.2. The number of hydrogen-bond acceptors (Lipinski definition) is 5. The van der Waals surface area contributed by atoms with Crippen LogP contribution in [0, 0.1) is 5.92 Å². The van der Waals surface area contributed by atoms with Gasteiger partial charge in [0.15, 0.2) is 0 Å². The summed E-state index contributed by atoms with van der Waals surface area (Å²) in [6.07, 6.45) is 0.0000990. The second kappa shape index (κ2) is 11.8. The number of ether oxygens (including phenoxy) is 2. The first-order valence-electron chi connectivity index (χ1n) is 11.9. The van der Waals surface area contributed by atoms with Gasteiger partial charge in [0, 0.05) is 51.8 Å². The lowest BCUT2D eigenvalue weighted by atomic mass is 10.0. The van der Waals surface area contributed by atoms with Gasteiger partial charge in [0.1, 0.15) is 12.4 Å². The number of carbonyl (C=O) groups excluding carboxylic acids is 3. The van der Waals surface area contributed by atoms with Crippen molar-refractivity contribution in [3.8, 4) is 5.75 Å². The van der Waals surface area contributed by atoms with Gasteiger partial charge >= 0.3 is 0 Å². The quantitative estimate of drug-likeness (QED) is 0.725. The SMILES string of the molecule is CO[C@H]1CN(C)C(=O)c2ccc(NC(=O)Cc3ccccc3)cc2OC[C@H](C)N(C(C)=O)C[C@H]1C. The number of methoxy groups -OCH3 is 1. The highest BCUT2D eigenvalue weighted by atomic mass is 16.5. The van der Waals surface area contributed by atoms with Gasteiger partial charge in [-0.2, -0.15) is 0 Å². The number of likely N-dealkylation sites (N-methyl/N-ethyl adjacent to an activating group) is 1. The Hall–Kier alpha value is -3.39. The number of rotatable bonds is 4. The van der Waals surface area contributed by atoms with Gasteiger partial charge in [0.25, 0.3) is 5.91 Å². The van der Waals surface area contributed by atoms with Crippen LogP contribution < -0.4 is 10.1 Å². The van der Waals surface area contributed by atoms with E-state index >= 15 is 0 Å². The third kappa shape index (κ3) is 6.82. The Bertz CT molecular complexity index is 1040. The predicted molar refractivity (Wildman–Crippen MR) is 134 cm³/mol. The second-order valence-electron chi connectivity index (χ2n) is 9.19. The summed E-state index contributed by atoms with van der Waals surface area (Å²) in [6.45, 7) is 6.53. The molecule has 2 aromatic carbocycles. The van der Waals surface area contributed by atoms with E-state index in [4.69, 9.17) is 9.47 Å². The van der Waals surface area contributed by atoms with Gasteiger partial charge in [0.2, 0.25) is 11.8 Å². The van der Waals surface area contributed by atoms with E-state index in [1.807, 2.05) is 44.2 Å². The van der Waals surface area contributed by atoms with Crippen LogP contribution in [0.5, 0.6) is 5.75 Å². The lowest BCUT2D eigenvalue weighted by molar-refractivity contribution is -0.133. The highest BCUT2D eigenvalue weighted by Crippen LogP contribution is 2.27. The van der Waals surface area contributed by atoms with Crippen molar-refractivity contribution in [2.24, 2.45) is 5.92 Å². The summed E-state index contributed by atoms with van der Waals surface area (Å²) in [5.74, 6) is -0.0414. The Morgan fingerprint density at radius 2 is 1.83 bits per heavy atom. The molecule has 3 atom stereocenters. The first-order chi connectivity index (χ1) is 16.7. The Morgan fingerprint density at radius 3 is 2.49 bits per heavy atom. The third-order valence-electron chi connectivity index (χ3n) is 6.34. The lowest BCUT2D eigenvalue weighted by Crippen LogP contribution is -2.48. The Kier molecular flexibility index (Phi) is 8.87. The molecule has 1 heterocycles. The van der Waals surface area contributed by atoms with Crippen LogP contribution in [0.25, 0.3) is 0 Å². The molecule has 0 saturated carbocycles. The first-order valence-corrected chi connectivity index (χ1v) is 11.9. The number of anilines is 1. The molecule has 0 aromatic heterocycles. The summed E-state index contributed by atoms with van der Waals surface area (Å²) >= 11 is 0. The molecule has 3 rings (SSSR count). The zero-order valence-electron chi connectivity index (χ0n) is 21.1. The molecule has 0 saturated heterocycles. The summed E-state index contributed by atoms with van der Waals surface area (Å²) in [5, 5.41) is 2.88. The monoisotopic (exact) mass is 481 g/mol. The predicted octanol–water partition coefficient (Wildman–Crippen LogP) is 3.22. The molecule has 188 valence electrons. The standard InChI is InChI=1S/C27H35N3O5/c1-18-15-30(20(3)31)19(2)17-35-24-14-22(28-26(32)13-21-9-7-6-8-10-21)11-12-23(24)27(33)29(4)16-25(18)34-5/h6-12,14,18-19,25H,13,15-17H2,1-5H3,(H,28,32)/t18-,19+,25+/m1/s1. The van der Waals surface area contributed by atoms with Gasteiger partial charge in [0.05, 0.1) is 24.1 Å². The number of nitrogens with zero attached hydrogens (tertiary/aromatic N) is 2. The molecule has 0 bridgehead atoms. The average Bonchev–Trinajstić information content (AvgIpc) is 2.83. The van der Waals surface area contributed by atoms with Crippen molar-refractivity contribution in [3.63, 3.8) is 0 Å². The highest BCUT2D eigenvalue weighted by molar-refractivity contribution is 5.98. The van der Waals surface area contributed by atoms with Crippen molar-refractivity contribution in [1.82, 2.24) is 9.80 Å². The largest absolute Gasteiger partial charge is 0.491 e.